The van der Waals surface area contributed by atoms with Crippen LogP contribution in [0.3, 0.4) is 0 Å². The minimum atomic E-state index is 0.350. The summed E-state index contributed by atoms with van der Waals surface area (Å²) in [6.45, 7) is 5.86. The lowest BCUT2D eigenvalue weighted by molar-refractivity contribution is 0.0873. The number of hydrazine groups is 1. The van der Waals surface area contributed by atoms with Gasteiger partial charge in [-0.3, -0.25) is 11.3 Å². The number of rotatable bonds is 6. The molecule has 1 aliphatic carbocycles. The van der Waals surface area contributed by atoms with Crippen LogP contribution in [0.5, 0.6) is 0 Å². The maximum Gasteiger partial charge on any atom is 0.0635 e. The van der Waals surface area contributed by atoms with Crippen LogP contribution in [0.2, 0.25) is 0 Å². The molecule has 1 aliphatic rings. The van der Waals surface area contributed by atoms with E-state index in [0.29, 0.717) is 12.0 Å². The zero-order chi connectivity index (χ0) is 11.1. The van der Waals surface area contributed by atoms with E-state index in [-0.39, 0.29) is 0 Å². The first-order valence-corrected chi connectivity index (χ1v) is 6.35. The van der Waals surface area contributed by atoms with Crippen molar-refractivity contribution >= 4 is 0 Å². The molecule has 0 aliphatic heterocycles. The van der Waals surface area contributed by atoms with Gasteiger partial charge in [-0.15, -0.1) is 0 Å². The first-order chi connectivity index (χ1) is 7.31. The summed E-state index contributed by atoms with van der Waals surface area (Å²) >= 11 is 0. The van der Waals surface area contributed by atoms with E-state index in [1.807, 2.05) is 6.92 Å². The molecule has 3 nitrogen and oxygen atoms in total. The van der Waals surface area contributed by atoms with E-state index in [2.05, 4.69) is 12.3 Å². The Bertz CT molecular complexity index is 156. The third-order valence-electron chi connectivity index (χ3n) is 3.75. The van der Waals surface area contributed by atoms with Crippen molar-refractivity contribution in [2.75, 3.05) is 13.2 Å². The van der Waals surface area contributed by atoms with Gasteiger partial charge in [0.1, 0.15) is 0 Å². The fourth-order valence-corrected chi connectivity index (χ4v) is 2.56. The molecule has 0 radical (unpaired) electrons. The van der Waals surface area contributed by atoms with Gasteiger partial charge in [-0.1, -0.05) is 26.2 Å². The molecule has 0 bridgehead atoms. The van der Waals surface area contributed by atoms with Crippen molar-refractivity contribution in [3.05, 3.63) is 0 Å². The van der Waals surface area contributed by atoms with E-state index in [4.69, 9.17) is 10.6 Å². The Kier molecular flexibility index (Phi) is 6.22. The molecule has 3 heteroatoms. The summed E-state index contributed by atoms with van der Waals surface area (Å²) in [6, 6.07) is 0.350. The first-order valence-electron chi connectivity index (χ1n) is 6.35. The molecule has 1 rings (SSSR count). The molecular formula is C12H26N2O. The first kappa shape index (κ1) is 12.9. The van der Waals surface area contributed by atoms with Crippen LogP contribution >= 0.6 is 0 Å². The Morgan fingerprint density at radius 3 is 2.40 bits per heavy atom. The SMILES string of the molecule is CCOCC(NN)C1CCC(CC)CC1. The van der Waals surface area contributed by atoms with Gasteiger partial charge in [-0.05, 0) is 31.6 Å². The second kappa shape index (κ2) is 7.20. The minimum Gasteiger partial charge on any atom is -0.380 e. The van der Waals surface area contributed by atoms with E-state index >= 15 is 0 Å². The number of hydrogen-bond acceptors (Lipinski definition) is 3. The Morgan fingerprint density at radius 2 is 1.93 bits per heavy atom. The van der Waals surface area contributed by atoms with Crippen molar-refractivity contribution in [2.45, 2.75) is 52.0 Å². The van der Waals surface area contributed by atoms with Crippen molar-refractivity contribution in [2.24, 2.45) is 17.7 Å². The standard InChI is InChI=1S/C12H26N2O/c1-3-10-5-7-11(8-6-10)12(14-13)9-15-4-2/h10-12,14H,3-9,13H2,1-2H3. The van der Waals surface area contributed by atoms with Gasteiger partial charge in [0.25, 0.3) is 0 Å². The van der Waals surface area contributed by atoms with E-state index in [0.717, 1.165) is 19.1 Å². The van der Waals surface area contributed by atoms with Crippen LogP contribution in [-0.2, 0) is 4.74 Å². The van der Waals surface area contributed by atoms with Crippen LogP contribution in [0.25, 0.3) is 0 Å². The van der Waals surface area contributed by atoms with Crippen LogP contribution < -0.4 is 11.3 Å². The van der Waals surface area contributed by atoms with Crippen molar-refractivity contribution in [3.8, 4) is 0 Å². The monoisotopic (exact) mass is 214 g/mol. The molecule has 0 saturated heterocycles. The van der Waals surface area contributed by atoms with Gasteiger partial charge in [-0.25, -0.2) is 0 Å². The summed E-state index contributed by atoms with van der Waals surface area (Å²) in [5, 5.41) is 0. The van der Waals surface area contributed by atoms with Crippen LogP contribution in [0.15, 0.2) is 0 Å². The lowest BCUT2D eigenvalue weighted by Gasteiger charge is -2.33. The van der Waals surface area contributed by atoms with Crippen molar-refractivity contribution < 1.29 is 4.74 Å². The van der Waals surface area contributed by atoms with E-state index in [1.165, 1.54) is 32.1 Å². The molecular weight excluding hydrogens is 188 g/mol. The molecule has 0 heterocycles. The van der Waals surface area contributed by atoms with E-state index < -0.39 is 0 Å². The topological polar surface area (TPSA) is 47.3 Å². The zero-order valence-electron chi connectivity index (χ0n) is 10.2. The second-order valence-corrected chi connectivity index (χ2v) is 4.62. The van der Waals surface area contributed by atoms with Crippen LogP contribution in [0.4, 0.5) is 0 Å². The summed E-state index contributed by atoms with van der Waals surface area (Å²) in [4.78, 5) is 0. The molecule has 15 heavy (non-hydrogen) atoms. The van der Waals surface area contributed by atoms with Crippen molar-refractivity contribution in [1.29, 1.82) is 0 Å². The molecule has 1 atom stereocenters. The number of nitrogens with one attached hydrogen (secondary N) is 1. The fourth-order valence-electron chi connectivity index (χ4n) is 2.56. The number of nitrogens with two attached hydrogens (primary N) is 1. The predicted molar refractivity (Wildman–Crippen MR) is 63.3 cm³/mol. The average Bonchev–Trinajstić information content (AvgIpc) is 2.31. The summed E-state index contributed by atoms with van der Waals surface area (Å²) in [5.74, 6) is 7.24. The summed E-state index contributed by atoms with van der Waals surface area (Å²) < 4.78 is 5.45. The van der Waals surface area contributed by atoms with Gasteiger partial charge < -0.3 is 4.74 Å². The van der Waals surface area contributed by atoms with Crippen LogP contribution in [0, 0.1) is 11.8 Å². The highest BCUT2D eigenvalue weighted by Crippen LogP contribution is 2.32. The molecule has 1 unspecified atom stereocenters. The molecule has 1 saturated carbocycles. The highest BCUT2D eigenvalue weighted by atomic mass is 16.5. The quantitative estimate of drug-likeness (QED) is 0.525. The lowest BCUT2D eigenvalue weighted by atomic mass is 9.78. The van der Waals surface area contributed by atoms with Crippen LogP contribution in [0.1, 0.15) is 46.0 Å². The molecule has 0 aromatic carbocycles. The predicted octanol–water partition coefficient (Wildman–Crippen LogP) is 2.07. The van der Waals surface area contributed by atoms with Crippen LogP contribution in [-0.4, -0.2) is 19.3 Å². The molecule has 1 fully saturated rings. The van der Waals surface area contributed by atoms with E-state index in [9.17, 15) is 0 Å². The second-order valence-electron chi connectivity index (χ2n) is 4.62. The van der Waals surface area contributed by atoms with Gasteiger partial charge in [0.2, 0.25) is 0 Å². The van der Waals surface area contributed by atoms with Crippen molar-refractivity contribution in [3.63, 3.8) is 0 Å². The Labute approximate surface area is 93.7 Å². The van der Waals surface area contributed by atoms with E-state index in [1.54, 1.807) is 0 Å². The van der Waals surface area contributed by atoms with Gasteiger partial charge in [0, 0.05) is 12.6 Å². The third-order valence-corrected chi connectivity index (χ3v) is 3.75. The van der Waals surface area contributed by atoms with Crippen molar-refractivity contribution in [1.82, 2.24) is 5.43 Å². The molecule has 0 amide bonds. The Morgan fingerprint density at radius 1 is 1.27 bits per heavy atom. The number of ether oxygens (including phenoxy) is 1. The normalized spacial score (nSPS) is 29.0. The van der Waals surface area contributed by atoms with Gasteiger partial charge in [0.05, 0.1) is 6.61 Å². The highest BCUT2D eigenvalue weighted by molar-refractivity contribution is 4.80. The molecule has 0 aromatic rings. The maximum absolute atomic E-state index is 5.58. The third kappa shape index (κ3) is 4.09. The lowest BCUT2D eigenvalue weighted by Crippen LogP contribution is -2.45. The number of hydrogen-bond donors (Lipinski definition) is 2. The smallest absolute Gasteiger partial charge is 0.0635 e. The largest absolute Gasteiger partial charge is 0.380 e. The van der Waals surface area contributed by atoms with Gasteiger partial charge in [0.15, 0.2) is 0 Å². The molecule has 0 aromatic heterocycles. The zero-order valence-corrected chi connectivity index (χ0v) is 10.2. The minimum absolute atomic E-state index is 0.350. The molecule has 90 valence electrons. The average molecular weight is 214 g/mol. The highest BCUT2D eigenvalue weighted by Gasteiger charge is 2.26. The van der Waals surface area contributed by atoms with Gasteiger partial charge >= 0.3 is 0 Å². The Hall–Kier alpha value is -0.120. The summed E-state index contributed by atoms with van der Waals surface area (Å²) in [6.07, 6.45) is 6.68. The maximum atomic E-state index is 5.58. The summed E-state index contributed by atoms with van der Waals surface area (Å²) in [5.41, 5.74) is 2.91. The molecule has 3 N–H and O–H groups in total. The summed E-state index contributed by atoms with van der Waals surface area (Å²) in [7, 11) is 0. The fraction of sp³-hybridized carbons (Fsp3) is 1.00. The molecule has 0 spiro atoms. The Balaban J connectivity index is 2.29. The van der Waals surface area contributed by atoms with Gasteiger partial charge in [-0.2, -0.15) is 0 Å².